The first kappa shape index (κ1) is 27.7. The molecule has 2 aliphatic heterocycles. The van der Waals surface area contributed by atoms with Crippen LogP contribution >= 0.6 is 0 Å². The van der Waals surface area contributed by atoms with Crippen LogP contribution in [0.15, 0.2) is 64.2 Å². The molecule has 2 rings (SSSR count). The number of aliphatic hydroxyl groups is 3. The van der Waals surface area contributed by atoms with E-state index < -0.39 is 54.4 Å². The van der Waals surface area contributed by atoms with Crippen LogP contribution in [0.25, 0.3) is 0 Å². The van der Waals surface area contributed by atoms with E-state index in [4.69, 9.17) is 33.2 Å². The molecule has 0 saturated carbocycles. The molecule has 9 atom stereocenters. The maximum atomic E-state index is 11.1. The Morgan fingerprint density at radius 3 is 2.03 bits per heavy atom. The molecule has 2 fully saturated rings. The molecule has 0 amide bonds. The second-order valence-electron chi connectivity index (χ2n) is 7.97. The Kier molecular flexibility index (Phi) is 10.9. The van der Waals surface area contributed by atoms with E-state index in [2.05, 4.69) is 32.9 Å². The molecule has 10 nitrogen and oxygen atoms in total. The molecule has 0 radical (unpaired) electrons. The van der Waals surface area contributed by atoms with Gasteiger partial charge in [0, 0.05) is 12.8 Å². The minimum Gasteiger partial charge on any atom is -0.499 e. The lowest BCUT2D eigenvalue weighted by Gasteiger charge is -2.47. The van der Waals surface area contributed by atoms with Crippen LogP contribution in [0.4, 0.5) is 0 Å². The molecular formula is C24H36O10. The van der Waals surface area contributed by atoms with Gasteiger partial charge in [0.15, 0.2) is 12.2 Å². The second kappa shape index (κ2) is 13.4. The van der Waals surface area contributed by atoms with Crippen molar-refractivity contribution in [3.8, 4) is 0 Å². The lowest BCUT2D eigenvalue weighted by atomic mass is 9.82. The maximum Gasteiger partial charge on any atom is 0.157 e. The highest BCUT2D eigenvalue weighted by Gasteiger charge is 2.54. The summed E-state index contributed by atoms with van der Waals surface area (Å²) in [5.74, 6) is 0. The zero-order valence-electron chi connectivity index (χ0n) is 19.3. The second-order valence-corrected chi connectivity index (χ2v) is 7.97. The molecule has 10 heteroatoms. The van der Waals surface area contributed by atoms with Crippen LogP contribution in [0.1, 0.15) is 12.8 Å². The predicted octanol–water partition coefficient (Wildman–Crippen LogP) is 1.29. The Labute approximate surface area is 200 Å². The van der Waals surface area contributed by atoms with E-state index in [9.17, 15) is 15.3 Å². The normalized spacial score (nSPS) is 37.9. The summed E-state index contributed by atoms with van der Waals surface area (Å²) >= 11 is 0. The van der Waals surface area contributed by atoms with E-state index >= 15 is 0 Å². The number of rotatable bonds is 14. The van der Waals surface area contributed by atoms with Gasteiger partial charge in [-0.25, -0.2) is 0 Å². The Balaban J connectivity index is 2.40. The van der Waals surface area contributed by atoms with Crippen molar-refractivity contribution < 1.29 is 48.5 Å². The molecule has 9 unspecified atom stereocenters. The van der Waals surface area contributed by atoms with Crippen molar-refractivity contribution in [2.75, 3.05) is 19.8 Å². The van der Waals surface area contributed by atoms with Gasteiger partial charge in [0.1, 0.15) is 49.3 Å². The minimum absolute atomic E-state index is 0.0216. The van der Waals surface area contributed by atoms with Crippen molar-refractivity contribution >= 4 is 0 Å². The number of hydrogen-bond acceptors (Lipinski definition) is 10. The van der Waals surface area contributed by atoms with Crippen LogP contribution in [-0.4, -0.2) is 89.6 Å². The first-order valence-electron chi connectivity index (χ1n) is 10.9. The average molecular weight is 485 g/mol. The van der Waals surface area contributed by atoms with Gasteiger partial charge in [-0.1, -0.05) is 32.9 Å². The van der Waals surface area contributed by atoms with E-state index in [-0.39, 0.29) is 32.7 Å². The Morgan fingerprint density at radius 1 is 0.824 bits per heavy atom. The van der Waals surface area contributed by atoms with Crippen molar-refractivity contribution in [2.45, 2.75) is 67.3 Å². The fourth-order valence-corrected chi connectivity index (χ4v) is 4.32. The summed E-state index contributed by atoms with van der Waals surface area (Å²) in [6.07, 6.45) is -1.61. The van der Waals surface area contributed by atoms with Crippen LogP contribution in [0, 0.1) is 0 Å². The zero-order chi connectivity index (χ0) is 25.1. The lowest BCUT2D eigenvalue weighted by molar-refractivity contribution is -0.256. The van der Waals surface area contributed by atoms with E-state index in [1.165, 1.54) is 31.3 Å². The van der Waals surface area contributed by atoms with Crippen molar-refractivity contribution in [1.29, 1.82) is 0 Å². The van der Waals surface area contributed by atoms with E-state index in [0.717, 1.165) is 0 Å². The maximum absolute atomic E-state index is 11.1. The van der Waals surface area contributed by atoms with Gasteiger partial charge in [0.05, 0.1) is 44.0 Å². The Hall–Kier alpha value is -2.50. The van der Waals surface area contributed by atoms with Crippen LogP contribution in [0.2, 0.25) is 0 Å². The summed E-state index contributed by atoms with van der Waals surface area (Å²) in [7, 11) is 0. The van der Waals surface area contributed by atoms with Crippen LogP contribution in [0.5, 0.6) is 0 Å². The van der Waals surface area contributed by atoms with Crippen molar-refractivity contribution in [2.24, 2.45) is 0 Å². The molecule has 192 valence electrons. The van der Waals surface area contributed by atoms with Crippen molar-refractivity contribution in [3.05, 3.63) is 64.2 Å². The fourth-order valence-electron chi connectivity index (χ4n) is 4.32. The molecule has 2 aliphatic rings. The van der Waals surface area contributed by atoms with Gasteiger partial charge in [0.25, 0.3) is 0 Å². The van der Waals surface area contributed by atoms with E-state index in [0.29, 0.717) is 0 Å². The largest absolute Gasteiger partial charge is 0.499 e. The standard InChI is InChI=1S/C24H36O10/c1-6-28-14-19-22(32-10-5)20(26)21(31-9-4)18(34-19)12-24(15-29-7-2)23(27)17(25)11-16(13-33-24)30-8-3/h6-10,16-23,25-27H,1-5,11-15H2. The smallest absolute Gasteiger partial charge is 0.157 e. The summed E-state index contributed by atoms with van der Waals surface area (Å²) in [5, 5.41) is 32.9. The van der Waals surface area contributed by atoms with Gasteiger partial charge < -0.3 is 48.5 Å². The monoisotopic (exact) mass is 484 g/mol. The SMILES string of the molecule is C=COCC1OC(CC2(COC=C)OCC(OC=C)CC(O)C2O)C(OC=C)C(O)C1OC=C. The first-order chi connectivity index (χ1) is 16.4. The predicted molar refractivity (Wildman–Crippen MR) is 122 cm³/mol. The summed E-state index contributed by atoms with van der Waals surface area (Å²) in [6, 6.07) is 0. The molecule has 2 heterocycles. The summed E-state index contributed by atoms with van der Waals surface area (Å²) < 4.78 is 39.5. The highest BCUT2D eigenvalue weighted by atomic mass is 16.6. The molecule has 0 aromatic heterocycles. The van der Waals surface area contributed by atoms with Gasteiger partial charge in [-0.2, -0.15) is 0 Å². The van der Waals surface area contributed by atoms with Gasteiger partial charge >= 0.3 is 0 Å². The van der Waals surface area contributed by atoms with E-state index in [1.807, 2.05) is 0 Å². The molecule has 0 aromatic carbocycles. The third-order valence-corrected chi connectivity index (χ3v) is 5.89. The molecule has 0 aromatic rings. The lowest BCUT2D eigenvalue weighted by Crippen LogP contribution is -2.63. The topological polar surface area (TPSA) is 125 Å². The fraction of sp³-hybridized carbons (Fsp3) is 0.583. The van der Waals surface area contributed by atoms with Crippen LogP contribution < -0.4 is 0 Å². The summed E-state index contributed by atoms with van der Waals surface area (Å²) in [4.78, 5) is 0. The van der Waals surface area contributed by atoms with Crippen molar-refractivity contribution in [3.63, 3.8) is 0 Å². The molecule has 2 saturated heterocycles. The summed E-state index contributed by atoms with van der Waals surface area (Å²) in [5.41, 5.74) is -1.46. The highest BCUT2D eigenvalue weighted by molar-refractivity contribution is 5.03. The minimum atomic E-state index is -1.46. The Morgan fingerprint density at radius 2 is 1.44 bits per heavy atom. The first-order valence-corrected chi connectivity index (χ1v) is 10.9. The molecule has 0 spiro atoms. The molecule has 0 aliphatic carbocycles. The highest BCUT2D eigenvalue weighted by Crippen LogP contribution is 2.37. The number of ether oxygens (including phenoxy) is 7. The average Bonchev–Trinajstić information content (AvgIpc) is 2.93. The number of hydrogen-bond donors (Lipinski definition) is 3. The molecule has 3 N–H and O–H groups in total. The van der Waals surface area contributed by atoms with Crippen LogP contribution in [0.3, 0.4) is 0 Å². The van der Waals surface area contributed by atoms with Gasteiger partial charge in [-0.3, -0.25) is 0 Å². The Bertz CT molecular complexity index is 683. The van der Waals surface area contributed by atoms with Crippen LogP contribution in [-0.2, 0) is 33.2 Å². The molecular weight excluding hydrogens is 448 g/mol. The summed E-state index contributed by atoms with van der Waals surface area (Å²) in [6.45, 7) is 17.6. The zero-order valence-corrected chi connectivity index (χ0v) is 19.3. The van der Waals surface area contributed by atoms with Crippen molar-refractivity contribution in [1.82, 2.24) is 0 Å². The third-order valence-electron chi connectivity index (χ3n) is 5.89. The quantitative estimate of drug-likeness (QED) is 0.311. The number of aliphatic hydroxyl groups excluding tert-OH is 3. The third kappa shape index (κ3) is 6.55. The van der Waals surface area contributed by atoms with E-state index in [1.54, 1.807) is 0 Å². The molecule has 0 bridgehead atoms. The molecule has 34 heavy (non-hydrogen) atoms. The van der Waals surface area contributed by atoms with Gasteiger partial charge in [-0.15, -0.1) is 0 Å². The van der Waals surface area contributed by atoms with Gasteiger partial charge in [0.2, 0.25) is 0 Å². The van der Waals surface area contributed by atoms with Gasteiger partial charge in [-0.05, 0) is 0 Å².